The number of hydrogen-bond donors (Lipinski definition) is 1. The Morgan fingerprint density at radius 1 is 1.35 bits per heavy atom. The second-order valence-electron chi connectivity index (χ2n) is 5.80. The summed E-state index contributed by atoms with van der Waals surface area (Å²) in [6.07, 6.45) is 0. The number of thioether (sulfide) groups is 1. The molecule has 1 aromatic carbocycles. The van der Waals surface area contributed by atoms with E-state index in [4.69, 9.17) is 16.0 Å². The quantitative estimate of drug-likeness (QED) is 0.664. The maximum Gasteiger partial charge on any atom is 0.277 e. The van der Waals surface area contributed by atoms with Crippen molar-refractivity contribution in [2.24, 2.45) is 7.05 Å². The number of rotatable bonds is 5. The molecule has 3 aromatic rings. The lowest BCUT2D eigenvalue weighted by atomic mass is 10.2. The molecule has 0 radical (unpaired) electrons. The normalized spacial score (nSPS) is 12.2. The van der Waals surface area contributed by atoms with Crippen molar-refractivity contribution in [3.8, 4) is 11.5 Å². The topological polar surface area (TPSA) is 85.8 Å². The van der Waals surface area contributed by atoms with E-state index in [0.29, 0.717) is 16.1 Å². The Morgan fingerprint density at radius 2 is 2.12 bits per heavy atom. The summed E-state index contributed by atoms with van der Waals surface area (Å²) < 4.78 is 7.37. The number of aryl methyl sites for hydroxylation is 2. The van der Waals surface area contributed by atoms with Crippen LogP contribution in [0.15, 0.2) is 33.9 Å². The standard InChI is InChI=1S/C17H18ClN5O2S/c1-9-14(10(2)23(4)22-9)19-15(24)11(3)26-17-21-20-16(25-17)12-6-5-7-13(18)8-12/h5-8,11H,1-4H3,(H,19,24)/t11-/m1/s1. The molecule has 0 saturated heterocycles. The summed E-state index contributed by atoms with van der Waals surface area (Å²) in [4.78, 5) is 12.5. The third-order valence-electron chi connectivity index (χ3n) is 3.88. The third kappa shape index (κ3) is 3.91. The Labute approximate surface area is 160 Å². The Hall–Kier alpha value is -2.32. The molecule has 2 heterocycles. The number of hydrogen-bond acceptors (Lipinski definition) is 6. The number of aromatic nitrogens is 4. The molecule has 26 heavy (non-hydrogen) atoms. The van der Waals surface area contributed by atoms with Crippen molar-refractivity contribution in [1.82, 2.24) is 20.0 Å². The van der Waals surface area contributed by atoms with Crippen molar-refractivity contribution in [3.05, 3.63) is 40.7 Å². The molecule has 2 aromatic heterocycles. The van der Waals surface area contributed by atoms with E-state index in [-0.39, 0.29) is 5.91 Å². The lowest BCUT2D eigenvalue weighted by Crippen LogP contribution is -2.23. The van der Waals surface area contributed by atoms with E-state index in [9.17, 15) is 4.79 Å². The van der Waals surface area contributed by atoms with E-state index in [1.165, 1.54) is 11.8 Å². The summed E-state index contributed by atoms with van der Waals surface area (Å²) in [6.45, 7) is 5.54. The molecule has 7 nitrogen and oxygen atoms in total. The van der Waals surface area contributed by atoms with E-state index in [1.807, 2.05) is 33.0 Å². The Balaban J connectivity index is 1.68. The zero-order valence-corrected chi connectivity index (χ0v) is 16.4. The van der Waals surface area contributed by atoms with Gasteiger partial charge in [-0.1, -0.05) is 29.4 Å². The van der Waals surface area contributed by atoms with Crippen LogP contribution < -0.4 is 5.32 Å². The molecule has 9 heteroatoms. The van der Waals surface area contributed by atoms with Crippen LogP contribution in [0, 0.1) is 13.8 Å². The molecule has 0 fully saturated rings. The summed E-state index contributed by atoms with van der Waals surface area (Å²) in [5.41, 5.74) is 3.14. The Bertz CT molecular complexity index is 953. The van der Waals surface area contributed by atoms with Gasteiger partial charge in [0.1, 0.15) is 0 Å². The molecular weight excluding hydrogens is 374 g/mol. The highest BCUT2D eigenvalue weighted by Crippen LogP contribution is 2.28. The maximum absolute atomic E-state index is 12.5. The van der Waals surface area contributed by atoms with Gasteiger partial charge in [-0.15, -0.1) is 10.2 Å². The summed E-state index contributed by atoms with van der Waals surface area (Å²) in [5, 5.41) is 15.7. The van der Waals surface area contributed by atoms with Crippen molar-refractivity contribution in [3.63, 3.8) is 0 Å². The number of nitrogens with one attached hydrogen (secondary N) is 1. The van der Waals surface area contributed by atoms with Crippen molar-refractivity contribution in [2.45, 2.75) is 31.2 Å². The minimum atomic E-state index is -0.415. The zero-order valence-electron chi connectivity index (χ0n) is 14.8. The monoisotopic (exact) mass is 391 g/mol. The predicted octanol–water partition coefficient (Wildman–Crippen LogP) is 3.86. The van der Waals surface area contributed by atoms with Crippen LogP contribution in [0.4, 0.5) is 5.69 Å². The van der Waals surface area contributed by atoms with Crippen molar-refractivity contribution in [2.75, 3.05) is 5.32 Å². The van der Waals surface area contributed by atoms with E-state index >= 15 is 0 Å². The van der Waals surface area contributed by atoms with Crippen molar-refractivity contribution < 1.29 is 9.21 Å². The Kier molecular flexibility index (Phi) is 5.33. The van der Waals surface area contributed by atoms with Gasteiger partial charge in [-0.25, -0.2) is 0 Å². The van der Waals surface area contributed by atoms with E-state index in [1.54, 1.807) is 23.7 Å². The first-order valence-corrected chi connectivity index (χ1v) is 9.18. The van der Waals surface area contributed by atoms with Gasteiger partial charge in [-0.05, 0) is 39.0 Å². The molecule has 1 amide bonds. The number of halogens is 1. The molecule has 0 bridgehead atoms. The van der Waals surface area contributed by atoms with E-state index < -0.39 is 5.25 Å². The van der Waals surface area contributed by atoms with Crippen molar-refractivity contribution >= 4 is 35.0 Å². The predicted molar refractivity (Wildman–Crippen MR) is 101 cm³/mol. The fourth-order valence-electron chi connectivity index (χ4n) is 2.38. The summed E-state index contributed by atoms with van der Waals surface area (Å²) in [5.74, 6) is 0.207. The van der Waals surface area contributed by atoms with Gasteiger partial charge in [-0.2, -0.15) is 5.10 Å². The maximum atomic E-state index is 12.5. The molecule has 0 aliphatic heterocycles. The van der Waals surface area contributed by atoms with Gasteiger partial charge in [0.15, 0.2) is 0 Å². The van der Waals surface area contributed by atoms with Gasteiger partial charge in [0.2, 0.25) is 11.8 Å². The second-order valence-corrected chi connectivity index (χ2v) is 7.53. The molecular formula is C17H18ClN5O2S. The largest absolute Gasteiger partial charge is 0.411 e. The van der Waals surface area contributed by atoms with Gasteiger partial charge in [0.25, 0.3) is 5.22 Å². The van der Waals surface area contributed by atoms with E-state index in [0.717, 1.165) is 22.6 Å². The summed E-state index contributed by atoms with van der Waals surface area (Å²) in [6, 6.07) is 7.15. The molecule has 0 saturated carbocycles. The van der Waals surface area contributed by atoms with Gasteiger partial charge in [0, 0.05) is 17.6 Å². The molecule has 0 spiro atoms. The molecule has 0 aliphatic carbocycles. The van der Waals surface area contributed by atoms with Gasteiger partial charge in [-0.3, -0.25) is 9.48 Å². The van der Waals surface area contributed by atoms with Gasteiger partial charge >= 0.3 is 0 Å². The number of carbonyl (C=O) groups is 1. The fraction of sp³-hybridized carbons (Fsp3) is 0.294. The van der Waals surface area contributed by atoms with E-state index in [2.05, 4.69) is 20.6 Å². The number of amides is 1. The number of benzene rings is 1. The van der Waals surface area contributed by atoms with Crippen LogP contribution in [0.25, 0.3) is 11.5 Å². The molecule has 0 unspecified atom stereocenters. The average Bonchev–Trinajstić information content (AvgIpc) is 3.15. The lowest BCUT2D eigenvalue weighted by molar-refractivity contribution is -0.115. The van der Waals surface area contributed by atoms with Crippen LogP contribution in [0.3, 0.4) is 0 Å². The molecule has 136 valence electrons. The van der Waals surface area contributed by atoms with Crippen LogP contribution in [-0.4, -0.2) is 31.1 Å². The first kappa shape index (κ1) is 18.5. The average molecular weight is 392 g/mol. The number of carbonyl (C=O) groups excluding carboxylic acids is 1. The lowest BCUT2D eigenvalue weighted by Gasteiger charge is -2.10. The van der Waals surface area contributed by atoms with Crippen LogP contribution in [0.5, 0.6) is 0 Å². The molecule has 1 N–H and O–H groups in total. The highest BCUT2D eigenvalue weighted by molar-refractivity contribution is 8.00. The van der Waals surface area contributed by atoms with Crippen molar-refractivity contribution in [1.29, 1.82) is 0 Å². The highest BCUT2D eigenvalue weighted by Gasteiger charge is 2.21. The number of nitrogens with zero attached hydrogens (tertiary/aromatic N) is 4. The molecule has 1 atom stereocenters. The minimum absolute atomic E-state index is 0.156. The van der Waals surface area contributed by atoms with Crippen LogP contribution >= 0.6 is 23.4 Å². The third-order valence-corrected chi connectivity index (χ3v) is 5.05. The second kappa shape index (κ2) is 7.51. The van der Waals surface area contributed by atoms with Gasteiger partial charge in [0.05, 0.1) is 22.3 Å². The highest BCUT2D eigenvalue weighted by atomic mass is 35.5. The smallest absolute Gasteiger partial charge is 0.277 e. The van der Waals surface area contributed by atoms with Gasteiger partial charge < -0.3 is 9.73 Å². The molecule has 3 rings (SSSR count). The fourth-order valence-corrected chi connectivity index (χ4v) is 3.25. The van der Waals surface area contributed by atoms with Crippen LogP contribution in [0.2, 0.25) is 5.02 Å². The SMILES string of the molecule is Cc1nn(C)c(C)c1NC(=O)[C@@H](C)Sc1nnc(-c2cccc(Cl)c2)o1. The first-order valence-electron chi connectivity index (χ1n) is 7.92. The minimum Gasteiger partial charge on any atom is -0.411 e. The summed E-state index contributed by atoms with van der Waals surface area (Å²) >= 11 is 7.17. The number of anilines is 1. The summed E-state index contributed by atoms with van der Waals surface area (Å²) in [7, 11) is 1.84. The van der Waals surface area contributed by atoms with Crippen LogP contribution in [0.1, 0.15) is 18.3 Å². The molecule has 0 aliphatic rings. The first-order chi connectivity index (χ1) is 12.3. The van der Waals surface area contributed by atoms with Crippen LogP contribution in [-0.2, 0) is 11.8 Å². The Morgan fingerprint density at radius 3 is 2.77 bits per heavy atom. The zero-order chi connectivity index (χ0) is 18.8.